The molecule has 28 heavy (non-hydrogen) atoms. The molecule has 3 aliphatic rings. The second-order valence-electron chi connectivity index (χ2n) is 8.73. The molecule has 2 saturated heterocycles. The van der Waals surface area contributed by atoms with Gasteiger partial charge in [0.2, 0.25) is 5.91 Å². The van der Waals surface area contributed by atoms with Crippen molar-refractivity contribution < 1.29 is 9.53 Å². The SMILES string of the molecule is CN1C(=O)CCc2cc(CN3CCC(CCCN4CCOCC4)CC3)ccc21. The lowest BCUT2D eigenvalue weighted by Gasteiger charge is -2.33. The zero-order chi connectivity index (χ0) is 19.3. The van der Waals surface area contributed by atoms with Crippen LogP contribution in [0.15, 0.2) is 18.2 Å². The van der Waals surface area contributed by atoms with Gasteiger partial charge in [-0.25, -0.2) is 0 Å². The van der Waals surface area contributed by atoms with Crippen molar-refractivity contribution in [2.75, 3.05) is 57.9 Å². The van der Waals surface area contributed by atoms with Gasteiger partial charge in [-0.2, -0.15) is 0 Å². The van der Waals surface area contributed by atoms with Crippen molar-refractivity contribution in [1.82, 2.24) is 9.80 Å². The van der Waals surface area contributed by atoms with Crippen LogP contribution in [0.4, 0.5) is 5.69 Å². The maximum absolute atomic E-state index is 11.9. The van der Waals surface area contributed by atoms with Crippen LogP contribution in [-0.4, -0.2) is 68.7 Å². The molecule has 5 heteroatoms. The van der Waals surface area contributed by atoms with E-state index in [1.54, 1.807) is 0 Å². The Kier molecular flexibility index (Phi) is 6.65. The molecule has 0 atom stereocenters. The fourth-order valence-electron chi connectivity index (χ4n) is 4.93. The first kappa shape index (κ1) is 19.9. The minimum atomic E-state index is 0.232. The maximum Gasteiger partial charge on any atom is 0.227 e. The second-order valence-corrected chi connectivity index (χ2v) is 8.73. The van der Waals surface area contributed by atoms with E-state index < -0.39 is 0 Å². The van der Waals surface area contributed by atoms with Crippen molar-refractivity contribution in [3.05, 3.63) is 29.3 Å². The molecule has 0 spiro atoms. The van der Waals surface area contributed by atoms with Crippen LogP contribution in [0.5, 0.6) is 0 Å². The van der Waals surface area contributed by atoms with Crippen molar-refractivity contribution in [2.24, 2.45) is 5.92 Å². The number of aryl methyl sites for hydroxylation is 1. The van der Waals surface area contributed by atoms with Crippen molar-refractivity contribution in [2.45, 2.75) is 45.1 Å². The summed E-state index contributed by atoms with van der Waals surface area (Å²) in [6.07, 6.45) is 6.92. The molecule has 0 N–H and O–H groups in total. The highest BCUT2D eigenvalue weighted by atomic mass is 16.5. The minimum Gasteiger partial charge on any atom is -0.379 e. The average molecular weight is 386 g/mol. The van der Waals surface area contributed by atoms with E-state index in [0.717, 1.165) is 50.9 Å². The zero-order valence-corrected chi connectivity index (χ0v) is 17.4. The molecule has 2 fully saturated rings. The predicted octanol–water partition coefficient (Wildman–Crippen LogP) is 2.92. The number of carbonyl (C=O) groups is 1. The molecule has 0 aliphatic carbocycles. The van der Waals surface area contributed by atoms with Crippen LogP contribution in [0.25, 0.3) is 0 Å². The number of ether oxygens (including phenoxy) is 1. The largest absolute Gasteiger partial charge is 0.379 e. The van der Waals surface area contributed by atoms with Crippen LogP contribution in [0.1, 0.15) is 43.2 Å². The Bertz CT molecular complexity index is 664. The van der Waals surface area contributed by atoms with Crippen LogP contribution >= 0.6 is 0 Å². The standard InChI is InChI=1S/C23H35N3O2/c1-24-22-6-4-20(17-21(22)5-7-23(24)27)18-26-11-8-19(9-12-26)3-2-10-25-13-15-28-16-14-25/h4,6,17,19H,2-3,5,7-16,18H2,1H3. The molecule has 1 aromatic rings. The summed E-state index contributed by atoms with van der Waals surface area (Å²) in [5.41, 5.74) is 3.82. The number of benzene rings is 1. The van der Waals surface area contributed by atoms with E-state index in [4.69, 9.17) is 4.74 Å². The highest BCUT2D eigenvalue weighted by Gasteiger charge is 2.23. The van der Waals surface area contributed by atoms with Crippen molar-refractivity contribution in [3.63, 3.8) is 0 Å². The quantitative estimate of drug-likeness (QED) is 0.754. The lowest BCUT2D eigenvalue weighted by Crippen LogP contribution is -2.37. The van der Waals surface area contributed by atoms with Gasteiger partial charge in [0.25, 0.3) is 0 Å². The number of rotatable bonds is 6. The van der Waals surface area contributed by atoms with Crippen molar-refractivity contribution in [1.29, 1.82) is 0 Å². The lowest BCUT2D eigenvalue weighted by molar-refractivity contribution is -0.118. The van der Waals surface area contributed by atoms with Crippen LogP contribution in [0.3, 0.4) is 0 Å². The molecule has 1 aromatic carbocycles. The summed E-state index contributed by atoms with van der Waals surface area (Å²) in [5.74, 6) is 1.14. The summed E-state index contributed by atoms with van der Waals surface area (Å²) in [7, 11) is 1.89. The fraction of sp³-hybridized carbons (Fsp3) is 0.696. The third kappa shape index (κ3) is 4.94. The molecular weight excluding hydrogens is 350 g/mol. The Hall–Kier alpha value is -1.43. The molecular formula is C23H35N3O2. The summed E-state index contributed by atoms with van der Waals surface area (Å²) >= 11 is 0. The second kappa shape index (κ2) is 9.38. The molecule has 0 radical (unpaired) electrons. The zero-order valence-electron chi connectivity index (χ0n) is 17.4. The molecule has 0 aromatic heterocycles. The first-order valence-electron chi connectivity index (χ1n) is 11.1. The number of morpholine rings is 1. The molecule has 3 heterocycles. The van der Waals surface area contributed by atoms with Gasteiger partial charge in [0.15, 0.2) is 0 Å². The molecule has 0 saturated carbocycles. The third-order valence-corrected chi connectivity index (χ3v) is 6.79. The fourth-order valence-corrected chi connectivity index (χ4v) is 4.93. The number of hydrogen-bond acceptors (Lipinski definition) is 4. The Labute approximate surface area is 169 Å². The smallest absolute Gasteiger partial charge is 0.227 e. The van der Waals surface area contributed by atoms with Crippen molar-refractivity contribution >= 4 is 11.6 Å². The Morgan fingerprint density at radius 2 is 1.82 bits per heavy atom. The molecule has 154 valence electrons. The topological polar surface area (TPSA) is 36.0 Å². The summed E-state index contributed by atoms with van der Waals surface area (Å²) < 4.78 is 5.43. The van der Waals surface area contributed by atoms with E-state index >= 15 is 0 Å². The summed E-state index contributed by atoms with van der Waals surface area (Å²) in [4.78, 5) is 18.8. The summed E-state index contributed by atoms with van der Waals surface area (Å²) in [6.45, 7) is 8.78. The number of nitrogens with zero attached hydrogens (tertiary/aromatic N) is 3. The van der Waals surface area contributed by atoms with E-state index in [1.165, 1.54) is 56.4 Å². The van der Waals surface area contributed by atoms with E-state index in [9.17, 15) is 4.79 Å². The van der Waals surface area contributed by atoms with Crippen molar-refractivity contribution in [3.8, 4) is 0 Å². The van der Waals surface area contributed by atoms with Gasteiger partial charge in [-0.05, 0) is 74.8 Å². The van der Waals surface area contributed by atoms with Gasteiger partial charge in [0.05, 0.1) is 13.2 Å². The van der Waals surface area contributed by atoms with E-state index in [-0.39, 0.29) is 5.91 Å². The number of piperidine rings is 1. The molecule has 4 rings (SSSR count). The summed E-state index contributed by atoms with van der Waals surface area (Å²) in [6, 6.07) is 6.68. The lowest BCUT2D eigenvalue weighted by atomic mass is 9.91. The highest BCUT2D eigenvalue weighted by molar-refractivity contribution is 5.95. The summed E-state index contributed by atoms with van der Waals surface area (Å²) in [5, 5.41) is 0. The minimum absolute atomic E-state index is 0.232. The van der Waals surface area contributed by atoms with Crippen LogP contribution in [0.2, 0.25) is 0 Å². The molecule has 5 nitrogen and oxygen atoms in total. The molecule has 0 bridgehead atoms. The van der Waals surface area contributed by atoms with E-state index in [2.05, 4.69) is 28.0 Å². The highest BCUT2D eigenvalue weighted by Crippen LogP contribution is 2.29. The number of hydrogen-bond donors (Lipinski definition) is 0. The van der Waals surface area contributed by atoms with Gasteiger partial charge in [0.1, 0.15) is 0 Å². The number of likely N-dealkylation sites (tertiary alicyclic amines) is 1. The van der Waals surface area contributed by atoms with Crippen LogP contribution in [0, 0.1) is 5.92 Å². The van der Waals surface area contributed by atoms with Crippen LogP contribution in [-0.2, 0) is 22.5 Å². The van der Waals surface area contributed by atoms with Gasteiger partial charge in [-0.15, -0.1) is 0 Å². The van der Waals surface area contributed by atoms with Crippen LogP contribution < -0.4 is 4.90 Å². The molecule has 3 aliphatic heterocycles. The van der Waals surface area contributed by atoms with E-state index in [0.29, 0.717) is 6.42 Å². The van der Waals surface area contributed by atoms with Gasteiger partial charge < -0.3 is 9.64 Å². The van der Waals surface area contributed by atoms with Gasteiger partial charge in [-0.3, -0.25) is 14.6 Å². The normalized spacial score (nSPS) is 22.5. The molecule has 1 amide bonds. The number of fused-ring (bicyclic) bond motifs is 1. The van der Waals surface area contributed by atoms with Gasteiger partial charge >= 0.3 is 0 Å². The maximum atomic E-state index is 11.9. The number of anilines is 1. The molecule has 0 unspecified atom stereocenters. The third-order valence-electron chi connectivity index (χ3n) is 6.79. The van der Waals surface area contributed by atoms with Gasteiger partial charge in [-0.1, -0.05) is 12.1 Å². The van der Waals surface area contributed by atoms with Gasteiger partial charge in [0, 0.05) is 38.8 Å². The average Bonchev–Trinajstić information content (AvgIpc) is 2.73. The Morgan fingerprint density at radius 1 is 1.04 bits per heavy atom. The number of carbonyl (C=O) groups excluding carboxylic acids is 1. The Morgan fingerprint density at radius 3 is 2.61 bits per heavy atom. The first-order valence-corrected chi connectivity index (χ1v) is 11.1. The van der Waals surface area contributed by atoms with E-state index in [1.807, 2.05) is 11.9 Å². The predicted molar refractivity (Wildman–Crippen MR) is 113 cm³/mol. The number of amides is 1. The first-order chi connectivity index (χ1) is 13.7. The monoisotopic (exact) mass is 385 g/mol. The Balaban J connectivity index is 1.20.